The van der Waals surface area contributed by atoms with Crippen LogP contribution >= 0.6 is 23.2 Å². The number of benzene rings is 1. The van der Waals surface area contributed by atoms with Gasteiger partial charge in [0.25, 0.3) is 0 Å². The summed E-state index contributed by atoms with van der Waals surface area (Å²) in [6, 6.07) is 5.38. The Hall–Kier alpha value is -1.10. The van der Waals surface area contributed by atoms with Gasteiger partial charge >= 0.3 is 0 Å². The lowest BCUT2D eigenvalue weighted by atomic mass is 10.3. The fourth-order valence-corrected chi connectivity index (χ4v) is 1.75. The zero-order chi connectivity index (χ0) is 12.3. The minimum absolute atomic E-state index is 0.508. The van der Waals surface area contributed by atoms with E-state index >= 15 is 0 Å². The molecule has 0 spiro atoms. The molecule has 0 saturated carbocycles. The molecule has 1 heterocycles. The molecule has 0 bridgehead atoms. The van der Waals surface area contributed by atoms with Crippen LogP contribution in [-0.4, -0.2) is 21.3 Å². The molecule has 2 rings (SSSR count). The number of rotatable bonds is 4. The molecule has 90 valence electrons. The number of halogens is 2. The minimum Gasteiger partial charge on any atom is -0.310 e. The third-order valence-electron chi connectivity index (χ3n) is 2.30. The first-order valence-electron chi connectivity index (χ1n) is 5.27. The molecular weight excluding hydrogens is 259 g/mol. The normalized spacial score (nSPS) is 10.8. The van der Waals surface area contributed by atoms with Crippen LogP contribution in [-0.2, 0) is 6.54 Å². The predicted octanol–water partition coefficient (Wildman–Crippen LogP) is 2.68. The van der Waals surface area contributed by atoms with E-state index in [0.717, 1.165) is 18.1 Å². The van der Waals surface area contributed by atoms with Gasteiger partial charge in [0.15, 0.2) is 0 Å². The van der Waals surface area contributed by atoms with E-state index in [1.165, 1.54) is 6.33 Å². The van der Waals surface area contributed by atoms with Gasteiger partial charge in [-0.2, -0.15) is 5.10 Å². The Kier molecular flexibility index (Phi) is 3.99. The number of hydrogen-bond acceptors (Lipinski definition) is 3. The van der Waals surface area contributed by atoms with Gasteiger partial charge in [0, 0.05) is 0 Å². The van der Waals surface area contributed by atoms with Gasteiger partial charge in [0.05, 0.1) is 22.3 Å². The molecular formula is C11H12Cl2N4. The summed E-state index contributed by atoms with van der Waals surface area (Å²) in [5.74, 6) is 0.838. The Balaban J connectivity index is 2.32. The molecule has 0 aliphatic rings. The predicted molar refractivity (Wildman–Crippen MR) is 68.8 cm³/mol. The lowest BCUT2D eigenvalue weighted by molar-refractivity contribution is 0.664. The third kappa shape index (κ3) is 2.77. The van der Waals surface area contributed by atoms with E-state index < -0.39 is 0 Å². The van der Waals surface area contributed by atoms with Crippen LogP contribution < -0.4 is 5.32 Å². The van der Waals surface area contributed by atoms with Crippen LogP contribution in [0.3, 0.4) is 0 Å². The van der Waals surface area contributed by atoms with E-state index in [1.54, 1.807) is 16.8 Å². The van der Waals surface area contributed by atoms with Gasteiger partial charge in [-0.25, -0.2) is 9.67 Å². The largest absolute Gasteiger partial charge is 0.310 e. The minimum atomic E-state index is 0.508. The van der Waals surface area contributed by atoms with Crippen molar-refractivity contribution in [2.45, 2.75) is 13.5 Å². The summed E-state index contributed by atoms with van der Waals surface area (Å²) >= 11 is 11.9. The lowest BCUT2D eigenvalue weighted by Crippen LogP contribution is -2.16. The molecule has 0 saturated heterocycles. The fourth-order valence-electron chi connectivity index (χ4n) is 1.46. The first-order chi connectivity index (χ1) is 8.22. The zero-order valence-electron chi connectivity index (χ0n) is 9.32. The van der Waals surface area contributed by atoms with E-state index in [1.807, 2.05) is 13.0 Å². The van der Waals surface area contributed by atoms with Crippen LogP contribution in [0.15, 0.2) is 24.5 Å². The van der Waals surface area contributed by atoms with Crippen molar-refractivity contribution >= 4 is 23.2 Å². The average molecular weight is 271 g/mol. The Bertz CT molecular complexity index is 510. The van der Waals surface area contributed by atoms with Crippen molar-refractivity contribution < 1.29 is 0 Å². The second-order valence-electron chi connectivity index (χ2n) is 3.47. The van der Waals surface area contributed by atoms with Crippen molar-refractivity contribution in [3.05, 3.63) is 40.4 Å². The first kappa shape index (κ1) is 12.4. The van der Waals surface area contributed by atoms with E-state index in [4.69, 9.17) is 23.2 Å². The Morgan fingerprint density at radius 3 is 2.82 bits per heavy atom. The van der Waals surface area contributed by atoms with Crippen LogP contribution in [0.25, 0.3) is 5.69 Å². The summed E-state index contributed by atoms with van der Waals surface area (Å²) < 4.78 is 1.74. The maximum atomic E-state index is 5.98. The van der Waals surface area contributed by atoms with Crippen molar-refractivity contribution in [1.82, 2.24) is 20.1 Å². The second-order valence-corrected chi connectivity index (χ2v) is 4.28. The van der Waals surface area contributed by atoms with Crippen molar-refractivity contribution in [2.75, 3.05) is 6.54 Å². The number of aromatic nitrogens is 3. The number of nitrogens with zero attached hydrogens (tertiary/aromatic N) is 3. The smallest absolute Gasteiger partial charge is 0.146 e. The molecule has 1 aromatic carbocycles. The highest BCUT2D eigenvalue weighted by atomic mass is 35.5. The van der Waals surface area contributed by atoms with E-state index in [9.17, 15) is 0 Å². The van der Waals surface area contributed by atoms with Gasteiger partial charge in [0.1, 0.15) is 12.2 Å². The zero-order valence-corrected chi connectivity index (χ0v) is 10.8. The fraction of sp³-hybridized carbons (Fsp3) is 0.273. The standard InChI is InChI=1S/C11H12Cl2N4/c1-2-14-6-11-15-7-16-17(11)8-3-4-9(12)10(13)5-8/h3-5,7,14H,2,6H2,1H3. The van der Waals surface area contributed by atoms with Crippen LogP contribution in [0.4, 0.5) is 0 Å². The highest BCUT2D eigenvalue weighted by Gasteiger charge is 2.07. The summed E-state index contributed by atoms with van der Waals surface area (Å²) in [6.45, 7) is 3.59. The van der Waals surface area contributed by atoms with E-state index in [0.29, 0.717) is 16.6 Å². The molecule has 1 aromatic heterocycles. The van der Waals surface area contributed by atoms with Crippen molar-refractivity contribution in [3.8, 4) is 5.69 Å². The van der Waals surface area contributed by atoms with Gasteiger partial charge in [-0.05, 0) is 24.7 Å². The monoisotopic (exact) mass is 270 g/mol. The maximum Gasteiger partial charge on any atom is 0.146 e. The summed E-state index contributed by atoms with van der Waals surface area (Å²) in [5, 5.41) is 8.42. The SMILES string of the molecule is CCNCc1ncnn1-c1ccc(Cl)c(Cl)c1. The molecule has 2 aromatic rings. The molecule has 0 amide bonds. The summed E-state index contributed by atoms with van der Waals surface area (Å²) in [7, 11) is 0. The van der Waals surface area contributed by atoms with Gasteiger partial charge < -0.3 is 5.32 Å². The molecule has 0 aliphatic carbocycles. The van der Waals surface area contributed by atoms with Gasteiger partial charge in [-0.3, -0.25) is 0 Å². The van der Waals surface area contributed by atoms with Crippen LogP contribution in [0, 0.1) is 0 Å². The average Bonchev–Trinajstić information content (AvgIpc) is 2.78. The highest BCUT2D eigenvalue weighted by Crippen LogP contribution is 2.24. The molecule has 0 unspecified atom stereocenters. The van der Waals surface area contributed by atoms with Crippen molar-refractivity contribution in [3.63, 3.8) is 0 Å². The van der Waals surface area contributed by atoms with Crippen molar-refractivity contribution in [1.29, 1.82) is 0 Å². The van der Waals surface area contributed by atoms with Crippen LogP contribution in [0.2, 0.25) is 10.0 Å². The molecule has 0 atom stereocenters. The molecule has 17 heavy (non-hydrogen) atoms. The van der Waals surface area contributed by atoms with Gasteiger partial charge in [-0.15, -0.1) is 0 Å². The first-order valence-corrected chi connectivity index (χ1v) is 6.03. The van der Waals surface area contributed by atoms with Crippen LogP contribution in [0.5, 0.6) is 0 Å². The third-order valence-corrected chi connectivity index (χ3v) is 3.04. The molecule has 1 N–H and O–H groups in total. The summed E-state index contributed by atoms with van der Waals surface area (Å²) in [6.07, 6.45) is 1.52. The van der Waals surface area contributed by atoms with E-state index in [-0.39, 0.29) is 0 Å². The molecule has 4 nitrogen and oxygen atoms in total. The van der Waals surface area contributed by atoms with Gasteiger partial charge in [0.2, 0.25) is 0 Å². The quantitative estimate of drug-likeness (QED) is 0.929. The second kappa shape index (κ2) is 5.49. The summed E-state index contributed by atoms with van der Waals surface area (Å²) in [4.78, 5) is 4.20. The molecule has 6 heteroatoms. The number of hydrogen-bond donors (Lipinski definition) is 1. The highest BCUT2D eigenvalue weighted by molar-refractivity contribution is 6.42. The summed E-state index contributed by atoms with van der Waals surface area (Å²) in [5.41, 5.74) is 0.852. The Morgan fingerprint density at radius 1 is 1.29 bits per heavy atom. The topological polar surface area (TPSA) is 42.7 Å². The Morgan fingerprint density at radius 2 is 2.12 bits per heavy atom. The van der Waals surface area contributed by atoms with Crippen molar-refractivity contribution in [2.24, 2.45) is 0 Å². The van der Waals surface area contributed by atoms with Crippen LogP contribution in [0.1, 0.15) is 12.7 Å². The Labute approximate surface area is 110 Å². The molecule has 0 radical (unpaired) electrons. The molecule has 0 fully saturated rings. The van der Waals surface area contributed by atoms with E-state index in [2.05, 4.69) is 15.4 Å². The lowest BCUT2D eigenvalue weighted by Gasteiger charge is -2.07. The number of nitrogens with one attached hydrogen (secondary N) is 1. The maximum absolute atomic E-state index is 5.98. The molecule has 0 aliphatic heterocycles. The van der Waals surface area contributed by atoms with Gasteiger partial charge in [-0.1, -0.05) is 30.1 Å².